The fourth-order valence-corrected chi connectivity index (χ4v) is 3.80. The summed E-state index contributed by atoms with van der Waals surface area (Å²) in [5.74, 6) is -0.761. The SMILES string of the molecule is CCOC(=O)c1c(NC(C)=O)sc2c(Cl)c(CNCCO)ccc12. The highest BCUT2D eigenvalue weighted by atomic mass is 35.5. The molecular weight excluding hydrogens is 352 g/mol. The zero-order valence-corrected chi connectivity index (χ0v) is 15.0. The highest BCUT2D eigenvalue weighted by molar-refractivity contribution is 7.24. The number of thiophene rings is 1. The van der Waals surface area contributed by atoms with Crippen molar-refractivity contribution in [1.29, 1.82) is 0 Å². The van der Waals surface area contributed by atoms with Gasteiger partial charge in [0.2, 0.25) is 5.91 Å². The molecule has 1 heterocycles. The number of anilines is 1. The minimum Gasteiger partial charge on any atom is -0.462 e. The predicted octanol–water partition coefficient (Wildman–Crippen LogP) is 2.77. The van der Waals surface area contributed by atoms with Gasteiger partial charge in [0, 0.05) is 25.4 Å². The highest BCUT2D eigenvalue weighted by Gasteiger charge is 2.23. The van der Waals surface area contributed by atoms with E-state index in [1.54, 1.807) is 13.0 Å². The Hall–Kier alpha value is -1.67. The third-order valence-corrected chi connectivity index (χ3v) is 4.93. The molecule has 0 saturated carbocycles. The minimum atomic E-state index is -0.491. The molecule has 0 aliphatic heterocycles. The Morgan fingerprint density at radius 1 is 1.38 bits per heavy atom. The first kappa shape index (κ1) is 18.7. The molecule has 0 bridgehead atoms. The maximum atomic E-state index is 12.3. The smallest absolute Gasteiger partial charge is 0.341 e. The van der Waals surface area contributed by atoms with Crippen molar-refractivity contribution in [2.45, 2.75) is 20.4 Å². The Kier molecular flexibility index (Phi) is 6.56. The molecule has 0 unspecified atom stereocenters. The lowest BCUT2D eigenvalue weighted by molar-refractivity contribution is -0.114. The summed E-state index contributed by atoms with van der Waals surface area (Å²) in [5, 5.41) is 16.2. The van der Waals surface area contributed by atoms with E-state index >= 15 is 0 Å². The van der Waals surface area contributed by atoms with Gasteiger partial charge in [-0.3, -0.25) is 4.79 Å². The van der Waals surface area contributed by atoms with Gasteiger partial charge in [0.05, 0.1) is 22.9 Å². The van der Waals surface area contributed by atoms with Gasteiger partial charge in [-0.05, 0) is 12.5 Å². The van der Waals surface area contributed by atoms with Gasteiger partial charge in [0.1, 0.15) is 10.6 Å². The van der Waals surface area contributed by atoms with Crippen molar-refractivity contribution in [2.75, 3.05) is 25.1 Å². The molecule has 8 heteroatoms. The predicted molar refractivity (Wildman–Crippen MR) is 95.9 cm³/mol. The molecule has 2 rings (SSSR count). The lowest BCUT2D eigenvalue weighted by Gasteiger charge is -2.07. The van der Waals surface area contributed by atoms with Crippen LogP contribution in [0.2, 0.25) is 5.02 Å². The number of hydrogen-bond acceptors (Lipinski definition) is 6. The van der Waals surface area contributed by atoms with E-state index in [1.165, 1.54) is 18.3 Å². The molecule has 0 fully saturated rings. The first-order valence-electron chi connectivity index (χ1n) is 7.49. The standard InChI is InChI=1S/C16H19ClN2O4S/c1-3-23-16(22)12-11-5-4-10(8-18-6-7-20)13(17)14(11)24-15(12)19-9(2)21/h4-5,18,20H,3,6-8H2,1-2H3,(H,19,21). The lowest BCUT2D eigenvalue weighted by atomic mass is 10.1. The van der Waals surface area contributed by atoms with Crippen LogP contribution in [0.1, 0.15) is 29.8 Å². The maximum absolute atomic E-state index is 12.3. The van der Waals surface area contributed by atoms with Crippen LogP contribution in [0.5, 0.6) is 0 Å². The van der Waals surface area contributed by atoms with Gasteiger partial charge in [-0.15, -0.1) is 11.3 Å². The summed E-state index contributed by atoms with van der Waals surface area (Å²) in [6.07, 6.45) is 0. The van der Waals surface area contributed by atoms with Crippen molar-refractivity contribution >= 4 is 49.9 Å². The molecular formula is C16H19ClN2O4S. The summed E-state index contributed by atoms with van der Waals surface area (Å²) in [5.41, 5.74) is 1.17. The number of benzene rings is 1. The van der Waals surface area contributed by atoms with Crippen LogP contribution in [-0.4, -0.2) is 36.7 Å². The number of amides is 1. The number of fused-ring (bicyclic) bond motifs is 1. The van der Waals surface area contributed by atoms with Gasteiger partial charge >= 0.3 is 5.97 Å². The fraction of sp³-hybridized carbons (Fsp3) is 0.375. The molecule has 1 amide bonds. The molecule has 6 nitrogen and oxygen atoms in total. The molecule has 0 radical (unpaired) electrons. The first-order valence-corrected chi connectivity index (χ1v) is 8.69. The van der Waals surface area contributed by atoms with Crippen LogP contribution in [0.3, 0.4) is 0 Å². The van der Waals surface area contributed by atoms with Crippen LogP contribution in [0, 0.1) is 0 Å². The van der Waals surface area contributed by atoms with Crippen molar-refractivity contribution in [2.24, 2.45) is 0 Å². The monoisotopic (exact) mass is 370 g/mol. The fourth-order valence-electron chi connectivity index (χ4n) is 2.26. The number of ether oxygens (including phenoxy) is 1. The average Bonchev–Trinajstić information content (AvgIpc) is 2.88. The number of carbonyl (C=O) groups is 2. The number of nitrogens with one attached hydrogen (secondary N) is 2. The van der Waals surface area contributed by atoms with Crippen molar-refractivity contribution in [3.8, 4) is 0 Å². The topological polar surface area (TPSA) is 87.7 Å². The number of hydrogen-bond donors (Lipinski definition) is 3. The van der Waals surface area contributed by atoms with E-state index in [2.05, 4.69) is 10.6 Å². The number of carbonyl (C=O) groups excluding carboxylic acids is 2. The van der Waals surface area contributed by atoms with Crippen LogP contribution >= 0.6 is 22.9 Å². The molecule has 1 aromatic heterocycles. The van der Waals surface area contributed by atoms with E-state index in [9.17, 15) is 9.59 Å². The number of halogens is 1. The number of esters is 1. The van der Waals surface area contributed by atoms with Crippen LogP contribution in [0.15, 0.2) is 12.1 Å². The molecule has 0 aliphatic carbocycles. The summed E-state index contributed by atoms with van der Waals surface area (Å²) in [6, 6.07) is 3.62. The van der Waals surface area contributed by atoms with Crippen molar-refractivity contribution in [3.63, 3.8) is 0 Å². The molecule has 2 aromatic rings. The van der Waals surface area contributed by atoms with Crippen molar-refractivity contribution < 1.29 is 19.4 Å². The molecule has 3 N–H and O–H groups in total. The summed E-state index contributed by atoms with van der Waals surface area (Å²) >= 11 is 7.71. The molecule has 24 heavy (non-hydrogen) atoms. The van der Waals surface area contributed by atoms with Crippen LogP contribution in [-0.2, 0) is 16.1 Å². The third-order valence-electron chi connectivity index (χ3n) is 3.25. The van der Waals surface area contributed by atoms with Gasteiger partial charge in [-0.2, -0.15) is 0 Å². The molecule has 0 aliphatic rings. The number of aliphatic hydroxyl groups is 1. The Labute approximate surface area is 148 Å². The third kappa shape index (κ3) is 4.05. The largest absolute Gasteiger partial charge is 0.462 e. The van der Waals surface area contributed by atoms with Crippen molar-refractivity contribution in [1.82, 2.24) is 5.32 Å². The molecule has 0 atom stereocenters. The zero-order chi connectivity index (χ0) is 17.7. The quantitative estimate of drug-likeness (QED) is 0.515. The van der Waals surface area contributed by atoms with E-state index in [1.807, 2.05) is 6.07 Å². The minimum absolute atomic E-state index is 0.0402. The van der Waals surface area contributed by atoms with Gasteiger partial charge in [0.15, 0.2) is 0 Å². The van der Waals surface area contributed by atoms with Gasteiger partial charge in [0.25, 0.3) is 0 Å². The Balaban J connectivity index is 2.51. The Morgan fingerprint density at radius 3 is 2.75 bits per heavy atom. The zero-order valence-electron chi connectivity index (χ0n) is 13.4. The molecule has 0 spiro atoms. The van der Waals surface area contributed by atoms with E-state index < -0.39 is 5.97 Å². The normalized spacial score (nSPS) is 10.8. The second kappa shape index (κ2) is 8.43. The van der Waals surface area contributed by atoms with Crippen LogP contribution < -0.4 is 10.6 Å². The summed E-state index contributed by atoms with van der Waals surface area (Å²) in [7, 11) is 0. The lowest BCUT2D eigenvalue weighted by Crippen LogP contribution is -2.17. The van der Waals surface area contributed by atoms with E-state index in [4.69, 9.17) is 21.4 Å². The first-order chi connectivity index (χ1) is 11.5. The van der Waals surface area contributed by atoms with E-state index in [0.717, 1.165) is 5.56 Å². The van der Waals surface area contributed by atoms with Crippen molar-refractivity contribution in [3.05, 3.63) is 28.3 Å². The van der Waals surface area contributed by atoms with Gasteiger partial charge in [-0.25, -0.2) is 4.79 Å². The summed E-state index contributed by atoms with van der Waals surface area (Å²) < 4.78 is 5.81. The van der Waals surface area contributed by atoms with Gasteiger partial charge < -0.3 is 20.5 Å². The van der Waals surface area contributed by atoms with E-state index in [0.29, 0.717) is 38.8 Å². The molecule has 1 aromatic carbocycles. The summed E-state index contributed by atoms with van der Waals surface area (Å²) in [6.45, 7) is 4.35. The Morgan fingerprint density at radius 2 is 2.12 bits per heavy atom. The molecule has 0 saturated heterocycles. The second-order valence-electron chi connectivity index (χ2n) is 5.02. The highest BCUT2D eigenvalue weighted by Crippen LogP contribution is 2.41. The number of aliphatic hydroxyl groups excluding tert-OH is 1. The molecule has 130 valence electrons. The second-order valence-corrected chi connectivity index (χ2v) is 6.42. The summed E-state index contributed by atoms with van der Waals surface area (Å²) in [4.78, 5) is 23.7. The number of rotatable bonds is 7. The Bertz CT molecular complexity index is 760. The maximum Gasteiger partial charge on any atom is 0.341 e. The van der Waals surface area contributed by atoms with Gasteiger partial charge in [-0.1, -0.05) is 23.7 Å². The van der Waals surface area contributed by atoms with Crippen LogP contribution in [0.4, 0.5) is 5.00 Å². The van der Waals surface area contributed by atoms with E-state index in [-0.39, 0.29) is 19.1 Å². The average molecular weight is 371 g/mol. The van der Waals surface area contributed by atoms with Crippen LogP contribution in [0.25, 0.3) is 10.1 Å².